The third kappa shape index (κ3) is 1.67. The Morgan fingerprint density at radius 1 is 1.70 bits per heavy atom. The van der Waals surface area contributed by atoms with Crippen LogP contribution in [-0.4, -0.2) is 11.2 Å². The predicted molar refractivity (Wildman–Crippen MR) is 38.8 cm³/mol. The van der Waals surface area contributed by atoms with E-state index in [0.717, 1.165) is 0 Å². The summed E-state index contributed by atoms with van der Waals surface area (Å²) in [5.74, 6) is 0. The van der Waals surface area contributed by atoms with Crippen molar-refractivity contribution in [1.82, 2.24) is 4.57 Å². The largest absolute Gasteiger partial charge is 0.324 e. The molecule has 1 heterocycles. The van der Waals surface area contributed by atoms with Crippen molar-refractivity contribution in [3.63, 3.8) is 0 Å². The molecule has 1 aromatic heterocycles. The van der Waals surface area contributed by atoms with Crippen LogP contribution in [0.4, 0.5) is 4.39 Å². The smallest absolute Gasteiger partial charge is 0.181 e. The first-order valence-electron chi connectivity index (χ1n) is 3.09. The van der Waals surface area contributed by atoms with E-state index in [1.807, 2.05) is 11.6 Å². The van der Waals surface area contributed by atoms with Gasteiger partial charge in [-0.2, -0.15) is 0 Å². The first kappa shape index (κ1) is 7.47. The van der Waals surface area contributed by atoms with Gasteiger partial charge in [0.1, 0.15) is 0 Å². The number of thiazole rings is 1. The number of alkyl halides is 1. The van der Waals surface area contributed by atoms with E-state index in [1.165, 1.54) is 11.3 Å². The molecule has 0 amide bonds. The molecule has 1 aromatic rings. The lowest BCUT2D eigenvalue weighted by molar-refractivity contribution is 0.444. The second-order valence-electron chi connectivity index (χ2n) is 1.94. The Kier molecular flexibility index (Phi) is 2.62. The zero-order valence-corrected chi connectivity index (χ0v) is 6.33. The quantitative estimate of drug-likeness (QED) is 0.692. The summed E-state index contributed by atoms with van der Waals surface area (Å²) in [6.07, 6.45) is 2.32. The van der Waals surface area contributed by atoms with Gasteiger partial charge in [0.05, 0.1) is 6.67 Å². The van der Waals surface area contributed by atoms with Crippen molar-refractivity contribution in [1.29, 1.82) is 5.41 Å². The highest BCUT2D eigenvalue weighted by Gasteiger charge is 1.91. The van der Waals surface area contributed by atoms with Crippen LogP contribution in [0.15, 0.2) is 11.6 Å². The summed E-state index contributed by atoms with van der Waals surface area (Å²) in [6, 6.07) is 0. The van der Waals surface area contributed by atoms with Gasteiger partial charge in [-0.25, -0.2) is 0 Å². The van der Waals surface area contributed by atoms with Crippen molar-refractivity contribution in [2.45, 2.75) is 13.0 Å². The van der Waals surface area contributed by atoms with Crippen LogP contribution in [0.3, 0.4) is 0 Å². The molecule has 0 spiro atoms. The van der Waals surface area contributed by atoms with Gasteiger partial charge in [-0.1, -0.05) is 0 Å². The zero-order chi connectivity index (χ0) is 7.40. The van der Waals surface area contributed by atoms with E-state index in [-0.39, 0.29) is 6.67 Å². The summed E-state index contributed by atoms with van der Waals surface area (Å²) in [5, 5.41) is 9.12. The average molecular weight is 160 g/mol. The van der Waals surface area contributed by atoms with Gasteiger partial charge in [0.2, 0.25) is 0 Å². The highest BCUT2D eigenvalue weighted by atomic mass is 32.1. The van der Waals surface area contributed by atoms with Crippen molar-refractivity contribution in [2.24, 2.45) is 0 Å². The summed E-state index contributed by atoms with van der Waals surface area (Å²) < 4.78 is 13.4. The molecule has 0 aliphatic heterocycles. The molecule has 0 saturated carbocycles. The fourth-order valence-corrected chi connectivity index (χ4v) is 1.33. The van der Waals surface area contributed by atoms with E-state index < -0.39 is 0 Å². The van der Waals surface area contributed by atoms with Crippen molar-refractivity contribution >= 4 is 11.3 Å². The number of aryl methyl sites for hydroxylation is 1. The minimum atomic E-state index is -0.303. The molecule has 0 aliphatic rings. The molecule has 1 N–H and O–H groups in total. The Balaban J connectivity index is 2.57. The average Bonchev–Trinajstić information content (AvgIpc) is 2.31. The summed E-state index contributed by atoms with van der Waals surface area (Å²) in [4.78, 5) is 0.494. The zero-order valence-electron chi connectivity index (χ0n) is 5.51. The molecule has 0 fully saturated rings. The molecular formula is C6H9FN2S. The van der Waals surface area contributed by atoms with Gasteiger partial charge in [-0.15, -0.1) is 11.3 Å². The van der Waals surface area contributed by atoms with Crippen LogP contribution in [-0.2, 0) is 6.54 Å². The van der Waals surface area contributed by atoms with Crippen molar-refractivity contribution in [3.8, 4) is 0 Å². The van der Waals surface area contributed by atoms with Gasteiger partial charge in [0.25, 0.3) is 0 Å². The third-order valence-electron chi connectivity index (χ3n) is 1.21. The Morgan fingerprint density at radius 3 is 3.00 bits per heavy atom. The number of halogens is 1. The fraction of sp³-hybridized carbons (Fsp3) is 0.500. The third-order valence-corrected chi connectivity index (χ3v) is 1.93. The number of hydrogen-bond donors (Lipinski definition) is 1. The Morgan fingerprint density at radius 2 is 2.50 bits per heavy atom. The second kappa shape index (κ2) is 3.51. The lowest BCUT2D eigenvalue weighted by atomic mass is 10.5. The maximum absolute atomic E-state index is 11.6. The van der Waals surface area contributed by atoms with Crippen LogP contribution < -0.4 is 4.80 Å². The normalized spacial score (nSPS) is 10.1. The molecule has 2 nitrogen and oxygen atoms in total. The number of nitrogens with zero attached hydrogens (tertiary/aromatic N) is 1. The maximum atomic E-state index is 11.6. The summed E-state index contributed by atoms with van der Waals surface area (Å²) >= 11 is 1.36. The number of nitrogens with one attached hydrogen (secondary N) is 1. The van der Waals surface area contributed by atoms with Crippen LogP contribution in [0.1, 0.15) is 6.42 Å². The first-order chi connectivity index (χ1) is 4.84. The van der Waals surface area contributed by atoms with Gasteiger partial charge in [0, 0.05) is 18.1 Å². The molecule has 56 valence electrons. The lowest BCUT2D eigenvalue weighted by Crippen LogP contribution is -2.12. The number of aromatic nitrogens is 1. The van der Waals surface area contributed by atoms with E-state index >= 15 is 0 Å². The molecule has 4 heteroatoms. The molecule has 0 aliphatic carbocycles. The van der Waals surface area contributed by atoms with Crippen molar-refractivity contribution in [3.05, 3.63) is 16.4 Å². The van der Waals surface area contributed by atoms with E-state index in [0.29, 0.717) is 17.8 Å². The monoisotopic (exact) mass is 160 g/mol. The highest BCUT2D eigenvalue weighted by molar-refractivity contribution is 7.06. The molecule has 0 bridgehead atoms. The molecule has 0 aromatic carbocycles. The van der Waals surface area contributed by atoms with Crippen LogP contribution in [0, 0.1) is 5.41 Å². The van der Waals surface area contributed by atoms with Crippen molar-refractivity contribution in [2.75, 3.05) is 6.67 Å². The van der Waals surface area contributed by atoms with E-state index in [4.69, 9.17) is 5.41 Å². The molecule has 0 radical (unpaired) electrons. The maximum Gasteiger partial charge on any atom is 0.181 e. The summed E-state index contributed by atoms with van der Waals surface area (Å²) in [6.45, 7) is 0.321. The van der Waals surface area contributed by atoms with Crippen LogP contribution >= 0.6 is 11.3 Å². The Bertz CT molecular complexity index is 240. The van der Waals surface area contributed by atoms with Gasteiger partial charge < -0.3 is 4.57 Å². The Hall–Kier alpha value is -0.640. The Labute approximate surface area is 62.4 Å². The standard InChI is InChI=1S/C6H9FN2S/c7-2-1-3-9-4-5-10-6(9)8/h4-5,8H,1-3H2. The van der Waals surface area contributed by atoms with Gasteiger partial charge in [-0.05, 0) is 6.42 Å². The second-order valence-corrected chi connectivity index (χ2v) is 2.84. The van der Waals surface area contributed by atoms with Crippen LogP contribution in [0.2, 0.25) is 0 Å². The van der Waals surface area contributed by atoms with E-state index in [2.05, 4.69) is 0 Å². The first-order valence-corrected chi connectivity index (χ1v) is 3.97. The summed E-state index contributed by atoms with van der Waals surface area (Å²) in [7, 11) is 0. The van der Waals surface area contributed by atoms with Crippen LogP contribution in [0.25, 0.3) is 0 Å². The molecule has 0 atom stereocenters. The van der Waals surface area contributed by atoms with E-state index in [1.54, 1.807) is 4.57 Å². The predicted octanol–water partition coefficient (Wildman–Crippen LogP) is 1.39. The molecule has 0 saturated heterocycles. The van der Waals surface area contributed by atoms with Crippen molar-refractivity contribution < 1.29 is 4.39 Å². The highest BCUT2D eigenvalue weighted by Crippen LogP contribution is 1.91. The number of rotatable bonds is 3. The lowest BCUT2D eigenvalue weighted by Gasteiger charge is -1.96. The minimum absolute atomic E-state index is 0.303. The topological polar surface area (TPSA) is 28.8 Å². The fourth-order valence-electron chi connectivity index (χ4n) is 0.710. The number of hydrogen-bond acceptors (Lipinski definition) is 2. The molecule has 1 rings (SSSR count). The van der Waals surface area contributed by atoms with E-state index in [9.17, 15) is 4.39 Å². The minimum Gasteiger partial charge on any atom is -0.324 e. The molecule has 10 heavy (non-hydrogen) atoms. The molecular weight excluding hydrogens is 151 g/mol. The summed E-state index contributed by atoms with van der Waals surface area (Å²) in [5.41, 5.74) is 0. The van der Waals surface area contributed by atoms with Gasteiger partial charge in [0.15, 0.2) is 4.80 Å². The SMILES string of the molecule is N=c1sccn1CCCF. The van der Waals surface area contributed by atoms with Gasteiger partial charge in [-0.3, -0.25) is 9.80 Å². The van der Waals surface area contributed by atoms with Crippen LogP contribution in [0.5, 0.6) is 0 Å². The van der Waals surface area contributed by atoms with Gasteiger partial charge >= 0.3 is 0 Å². The molecule has 0 unspecified atom stereocenters.